The van der Waals surface area contributed by atoms with E-state index in [0.29, 0.717) is 0 Å². The number of thiophene rings is 1. The molecule has 0 aliphatic rings. The zero-order chi connectivity index (χ0) is 42.1. The van der Waals surface area contributed by atoms with E-state index in [-0.39, 0.29) is 20.1 Å². The molecule has 0 saturated carbocycles. The molecule has 5 heteroatoms. The van der Waals surface area contributed by atoms with Crippen molar-refractivity contribution in [2.24, 2.45) is 0 Å². The first-order valence-corrected chi connectivity index (χ1v) is 22.0. The van der Waals surface area contributed by atoms with Gasteiger partial charge < -0.3 is 9.55 Å². The van der Waals surface area contributed by atoms with Gasteiger partial charge in [0.1, 0.15) is 0 Å². The summed E-state index contributed by atoms with van der Waals surface area (Å²) in [5.41, 5.74) is 14.4. The number of fused-ring (bicyclic) bond motifs is 5. The first-order valence-electron chi connectivity index (χ1n) is 21.1. The summed E-state index contributed by atoms with van der Waals surface area (Å²) in [6.45, 7) is 2.19. The van der Waals surface area contributed by atoms with E-state index in [4.69, 9.17) is 4.98 Å². The van der Waals surface area contributed by atoms with E-state index in [1.54, 1.807) is 17.5 Å². The molecule has 3 heterocycles. The Balaban J connectivity index is 0.000000323. The van der Waals surface area contributed by atoms with E-state index in [0.717, 1.165) is 44.8 Å². The van der Waals surface area contributed by atoms with Crippen LogP contribution in [0.15, 0.2) is 219 Å². The maximum Gasteiger partial charge on any atom is 0.0774 e. The first kappa shape index (κ1) is 40.8. The number of hydrogen-bond donors (Lipinski definition) is 0. The van der Waals surface area contributed by atoms with E-state index in [2.05, 4.69) is 198 Å². The third-order valence-electron chi connectivity index (χ3n) is 11.7. The summed E-state index contributed by atoms with van der Waals surface area (Å²) < 4.78 is 3.57. The maximum atomic E-state index is 5.39. The zero-order valence-corrected chi connectivity index (χ0v) is 38.1. The summed E-state index contributed by atoms with van der Waals surface area (Å²) in [4.78, 5) is 9.61. The van der Waals surface area contributed by atoms with Gasteiger partial charge in [0.25, 0.3) is 0 Å². The fourth-order valence-corrected chi connectivity index (χ4v) is 9.51. The van der Waals surface area contributed by atoms with Crippen LogP contribution in [0.4, 0.5) is 0 Å². The van der Waals surface area contributed by atoms with E-state index in [9.17, 15) is 0 Å². The van der Waals surface area contributed by atoms with Gasteiger partial charge in [0.2, 0.25) is 0 Å². The molecule has 307 valence electrons. The van der Waals surface area contributed by atoms with Crippen LogP contribution in [0.5, 0.6) is 0 Å². The maximum absolute atomic E-state index is 5.39. The Labute approximate surface area is 390 Å². The molecule has 9 aromatic carbocycles. The van der Waals surface area contributed by atoms with Crippen LogP contribution in [-0.2, 0) is 20.1 Å². The summed E-state index contributed by atoms with van der Waals surface area (Å²) in [5, 5.41) is 9.93. The fraction of sp³-hybridized carbons (Fsp3) is 0.0169. The molecule has 0 aliphatic carbocycles. The summed E-state index contributed by atoms with van der Waals surface area (Å²) in [6.07, 6.45) is 1.79. The van der Waals surface area contributed by atoms with Crippen LogP contribution in [0, 0.1) is 18.4 Å². The van der Waals surface area contributed by atoms with Crippen molar-refractivity contribution in [1.82, 2.24) is 14.5 Å². The van der Waals surface area contributed by atoms with E-state index >= 15 is 0 Å². The number of benzene rings is 9. The molecule has 0 saturated heterocycles. The standard InChI is InChI=1S/C48H31N2S.C11H8N.Ir/c1-31-26-40(32-12-4-2-5-13-32)47(41(27-31)33-14-6-3-7-15-33)50-45-19-11-10-18-44(45)49-48(50)43-30-51-46-25-24-37(29-42(43)46)36-23-22-35-21-20-34-16-8-9-17-38(34)39(35)28-36;1-2-6-10(7-3-1)11-8-4-5-9-12-11;/h2-29H,1H3;1-6,8-9H;/q2*-1;. The Hall–Kier alpha value is -7.27. The zero-order valence-electron chi connectivity index (χ0n) is 34.9. The Morgan fingerprint density at radius 2 is 1.14 bits per heavy atom. The Kier molecular flexibility index (Phi) is 11.4. The average Bonchev–Trinajstić information content (AvgIpc) is 3.96. The average molecular weight is 1010 g/mol. The van der Waals surface area contributed by atoms with E-state index in [1.807, 2.05) is 42.5 Å². The van der Waals surface area contributed by atoms with Gasteiger partial charge >= 0.3 is 0 Å². The molecule has 0 bridgehead atoms. The fourth-order valence-electron chi connectivity index (χ4n) is 8.69. The van der Waals surface area contributed by atoms with Crippen molar-refractivity contribution in [1.29, 1.82) is 0 Å². The van der Waals surface area contributed by atoms with Crippen LogP contribution in [0.3, 0.4) is 0 Å². The SMILES string of the molecule is Cc1cc(-c2ccccc2)c(-n2c(-c3[c-]sc4ccc(-c5ccc6ccc7ccccc7c6c5)cc34)nc3ccccc32)c(-c2ccccc2)c1.[Ir].[c-]1ccccc1-c1ccccn1. The van der Waals surface area contributed by atoms with Crippen LogP contribution in [-0.4, -0.2) is 14.5 Å². The number of aryl methyl sites for hydroxylation is 1. The van der Waals surface area contributed by atoms with Crippen molar-refractivity contribution >= 4 is 54.0 Å². The summed E-state index contributed by atoms with van der Waals surface area (Å²) in [7, 11) is 0. The van der Waals surface area contributed by atoms with Crippen molar-refractivity contribution in [3.8, 4) is 61.7 Å². The molecule has 12 rings (SSSR count). The number of hydrogen-bond acceptors (Lipinski definition) is 3. The summed E-state index contributed by atoms with van der Waals surface area (Å²) in [5.74, 6) is 0.891. The van der Waals surface area contributed by atoms with Gasteiger partial charge in [0.05, 0.1) is 22.5 Å². The quantitative estimate of drug-likeness (QED) is 0.123. The van der Waals surface area contributed by atoms with Crippen LogP contribution in [0.1, 0.15) is 5.56 Å². The van der Waals surface area contributed by atoms with Gasteiger partial charge in [-0.05, 0) is 98.4 Å². The monoisotopic (exact) mass is 1010 g/mol. The second kappa shape index (κ2) is 17.8. The molecule has 12 aromatic rings. The summed E-state index contributed by atoms with van der Waals surface area (Å²) in [6, 6.07) is 78.1. The van der Waals surface area contributed by atoms with Crippen LogP contribution >= 0.6 is 11.3 Å². The largest absolute Gasteiger partial charge is 0.332 e. The molecule has 0 aliphatic heterocycles. The molecule has 0 spiro atoms. The Morgan fingerprint density at radius 3 is 1.86 bits per heavy atom. The predicted molar refractivity (Wildman–Crippen MR) is 265 cm³/mol. The molecule has 0 fully saturated rings. The molecule has 3 aromatic heterocycles. The van der Waals surface area contributed by atoms with Gasteiger partial charge in [-0.1, -0.05) is 167 Å². The van der Waals surface area contributed by atoms with Crippen molar-refractivity contribution in [3.05, 3.63) is 236 Å². The number of nitrogens with zero attached hydrogens (tertiary/aromatic N) is 3. The number of para-hydroxylation sites is 2. The van der Waals surface area contributed by atoms with Crippen LogP contribution < -0.4 is 0 Å². The van der Waals surface area contributed by atoms with E-state index < -0.39 is 0 Å². The minimum atomic E-state index is 0. The molecule has 0 atom stereocenters. The van der Waals surface area contributed by atoms with Gasteiger partial charge in [-0.2, -0.15) is 0 Å². The number of rotatable bonds is 6. The van der Waals surface area contributed by atoms with Gasteiger partial charge in [-0.3, -0.25) is 16.3 Å². The molecule has 3 nitrogen and oxygen atoms in total. The van der Waals surface area contributed by atoms with Crippen molar-refractivity contribution in [3.63, 3.8) is 0 Å². The molecule has 0 unspecified atom stereocenters. The third kappa shape index (κ3) is 7.76. The van der Waals surface area contributed by atoms with Crippen LogP contribution in [0.25, 0.3) is 104 Å². The van der Waals surface area contributed by atoms with Gasteiger partial charge in [0, 0.05) is 37.4 Å². The molecule has 64 heavy (non-hydrogen) atoms. The van der Waals surface area contributed by atoms with Gasteiger partial charge in [-0.25, -0.2) is 0 Å². The minimum Gasteiger partial charge on any atom is -0.332 e. The molecule has 1 radical (unpaired) electrons. The van der Waals surface area contributed by atoms with E-state index in [1.165, 1.54) is 65.2 Å². The molecular weight excluding hydrogens is 975 g/mol. The molecular formula is C59H39IrN3S-2. The minimum absolute atomic E-state index is 0. The number of imidazole rings is 1. The Morgan fingerprint density at radius 1 is 0.516 bits per heavy atom. The smallest absolute Gasteiger partial charge is 0.0774 e. The number of aromatic nitrogens is 3. The second-order valence-corrected chi connectivity index (χ2v) is 16.6. The van der Waals surface area contributed by atoms with Gasteiger partial charge in [-0.15, -0.1) is 41.3 Å². The molecule has 0 N–H and O–H groups in total. The second-order valence-electron chi connectivity index (χ2n) is 15.7. The van der Waals surface area contributed by atoms with Crippen molar-refractivity contribution in [2.75, 3.05) is 0 Å². The first-order chi connectivity index (χ1) is 31.2. The normalized spacial score (nSPS) is 11.1. The van der Waals surface area contributed by atoms with Crippen molar-refractivity contribution < 1.29 is 20.1 Å². The third-order valence-corrected chi connectivity index (χ3v) is 12.6. The summed E-state index contributed by atoms with van der Waals surface area (Å²) >= 11 is 1.66. The van der Waals surface area contributed by atoms with Crippen LogP contribution in [0.2, 0.25) is 0 Å². The topological polar surface area (TPSA) is 30.7 Å². The molecule has 0 amide bonds. The predicted octanol–water partition coefficient (Wildman–Crippen LogP) is 15.9. The van der Waals surface area contributed by atoms with Crippen molar-refractivity contribution in [2.45, 2.75) is 6.92 Å². The van der Waals surface area contributed by atoms with Gasteiger partial charge in [0.15, 0.2) is 0 Å². The Bertz CT molecular complexity index is 3470. The number of pyridine rings is 1.